The molecule has 0 unspecified atom stereocenters. The Bertz CT molecular complexity index is 934. The van der Waals surface area contributed by atoms with Gasteiger partial charge in [0.15, 0.2) is 5.78 Å². The summed E-state index contributed by atoms with van der Waals surface area (Å²) < 4.78 is 0. The number of nitrogens with one attached hydrogen (secondary N) is 1. The van der Waals surface area contributed by atoms with E-state index in [1.807, 2.05) is 52.9 Å². The molecule has 3 aliphatic rings. The van der Waals surface area contributed by atoms with Crippen molar-refractivity contribution in [2.24, 2.45) is 11.8 Å². The predicted molar refractivity (Wildman–Crippen MR) is 92.6 cm³/mol. The van der Waals surface area contributed by atoms with Gasteiger partial charge < -0.3 is 4.90 Å². The highest BCUT2D eigenvalue weighted by Gasteiger charge is 2.61. The van der Waals surface area contributed by atoms with Gasteiger partial charge in [-0.1, -0.05) is 30.3 Å². The normalized spacial score (nSPS) is 29.2. The number of fused-ring (bicyclic) bond motifs is 5. The molecule has 1 aromatic heterocycles. The van der Waals surface area contributed by atoms with E-state index in [1.165, 1.54) is 11.3 Å². The van der Waals surface area contributed by atoms with E-state index < -0.39 is 17.9 Å². The molecule has 124 valence electrons. The molecule has 0 aliphatic carbocycles. The number of hydrogen-bond acceptors (Lipinski definition) is 5. The molecule has 2 aromatic rings. The minimum absolute atomic E-state index is 0.0959. The van der Waals surface area contributed by atoms with Crippen LogP contribution in [-0.2, 0) is 9.59 Å². The lowest BCUT2D eigenvalue weighted by molar-refractivity contribution is -0.127. The number of benzene rings is 1. The monoisotopic (exact) mass is 350 g/mol. The van der Waals surface area contributed by atoms with Crippen molar-refractivity contribution in [2.75, 3.05) is 0 Å². The van der Waals surface area contributed by atoms with E-state index in [-0.39, 0.29) is 23.6 Å². The smallest absolute Gasteiger partial charge is 0.233 e. The van der Waals surface area contributed by atoms with Crippen LogP contribution in [-0.4, -0.2) is 28.5 Å². The molecule has 1 aromatic carbocycles. The minimum Gasteiger partial charge on any atom is -0.358 e. The molecule has 0 spiro atoms. The quantitative estimate of drug-likeness (QED) is 0.666. The second kappa shape index (κ2) is 5.13. The van der Waals surface area contributed by atoms with E-state index in [4.69, 9.17) is 0 Å². The Labute approximate surface area is 148 Å². The maximum atomic E-state index is 13.1. The number of hydrogen-bond donors (Lipinski definition) is 1. The van der Waals surface area contributed by atoms with Crippen LogP contribution in [0.15, 0.2) is 48.0 Å². The number of Topliss-reactive ketones (excluding diaryl/α,β-unsaturated/α-hetero) is 1. The molecular formula is C19H14N2O3S. The number of thiophene rings is 1. The second-order valence-electron chi connectivity index (χ2n) is 6.53. The van der Waals surface area contributed by atoms with Gasteiger partial charge in [-0.15, -0.1) is 11.3 Å². The summed E-state index contributed by atoms with van der Waals surface area (Å²) in [6.07, 6.45) is 3.81. The third-order valence-electron chi connectivity index (χ3n) is 5.34. The molecule has 4 atom stereocenters. The van der Waals surface area contributed by atoms with Gasteiger partial charge in [-0.3, -0.25) is 19.7 Å². The molecule has 2 amide bonds. The molecule has 6 heteroatoms. The van der Waals surface area contributed by atoms with Crippen LogP contribution in [0.4, 0.5) is 0 Å². The lowest BCUT2D eigenvalue weighted by atomic mass is 9.84. The Balaban J connectivity index is 1.67. The Morgan fingerprint density at radius 2 is 1.84 bits per heavy atom. The van der Waals surface area contributed by atoms with Crippen molar-refractivity contribution in [2.45, 2.75) is 12.1 Å². The molecule has 1 N–H and O–H groups in total. The topological polar surface area (TPSA) is 66.5 Å². The van der Waals surface area contributed by atoms with Gasteiger partial charge >= 0.3 is 0 Å². The fourth-order valence-corrected chi connectivity index (χ4v) is 5.04. The van der Waals surface area contributed by atoms with Crippen molar-refractivity contribution in [3.63, 3.8) is 0 Å². The van der Waals surface area contributed by atoms with Crippen LogP contribution in [0.2, 0.25) is 0 Å². The molecule has 2 fully saturated rings. The third-order valence-corrected chi connectivity index (χ3v) is 6.22. The third kappa shape index (κ3) is 1.91. The number of rotatable bonds is 2. The van der Waals surface area contributed by atoms with Crippen molar-refractivity contribution < 1.29 is 14.4 Å². The molecule has 0 bridgehead atoms. The highest BCUT2D eigenvalue weighted by molar-refractivity contribution is 7.12. The van der Waals surface area contributed by atoms with Gasteiger partial charge in [0.1, 0.15) is 6.04 Å². The van der Waals surface area contributed by atoms with E-state index >= 15 is 0 Å². The molecular weight excluding hydrogens is 336 g/mol. The number of carbonyl (C=O) groups is 3. The van der Waals surface area contributed by atoms with Gasteiger partial charge in [0, 0.05) is 6.20 Å². The fourth-order valence-electron chi connectivity index (χ4n) is 4.34. The van der Waals surface area contributed by atoms with Crippen LogP contribution in [0.3, 0.4) is 0 Å². The summed E-state index contributed by atoms with van der Waals surface area (Å²) in [6.45, 7) is 0. The first-order valence-corrected chi connectivity index (χ1v) is 9.02. The zero-order valence-electron chi connectivity index (χ0n) is 13.1. The zero-order valence-corrected chi connectivity index (χ0v) is 13.9. The molecule has 3 aliphatic heterocycles. The summed E-state index contributed by atoms with van der Waals surface area (Å²) in [5, 5.41) is 4.28. The van der Waals surface area contributed by atoms with Crippen molar-refractivity contribution in [3.05, 3.63) is 64.0 Å². The average molecular weight is 350 g/mol. The molecule has 0 saturated carbocycles. The number of amides is 2. The first-order chi connectivity index (χ1) is 12.2. The van der Waals surface area contributed by atoms with Crippen molar-refractivity contribution in [3.8, 4) is 0 Å². The Morgan fingerprint density at radius 1 is 1.04 bits per heavy atom. The maximum absolute atomic E-state index is 13.1. The standard InChI is InChI=1S/C19H14N2O3S/c22-17(12-6-3-9-25-12)16-14-13(18(23)20-19(14)24)15-11-5-2-1-4-10(11)7-8-21(15)16/h1-9,13-16H,(H,20,23,24)/t13-,14+,15-,16-/m0/s1. The molecule has 25 heavy (non-hydrogen) atoms. The minimum atomic E-state index is -0.650. The summed E-state index contributed by atoms with van der Waals surface area (Å²) in [6, 6.07) is 10.5. The van der Waals surface area contributed by atoms with E-state index in [0.29, 0.717) is 4.88 Å². The van der Waals surface area contributed by atoms with Crippen LogP contribution >= 0.6 is 11.3 Å². The number of imide groups is 1. The van der Waals surface area contributed by atoms with E-state index in [0.717, 1.165) is 11.1 Å². The SMILES string of the molecule is O=C1NC(=O)[C@H]2[C@@H]1[C@@H](C(=O)c1cccs1)N1C=Cc3ccccc3[C@@H]21. The molecule has 0 radical (unpaired) electrons. The van der Waals surface area contributed by atoms with Crippen molar-refractivity contribution in [1.29, 1.82) is 0 Å². The van der Waals surface area contributed by atoms with Gasteiger partial charge in [0.2, 0.25) is 11.8 Å². The van der Waals surface area contributed by atoms with E-state index in [9.17, 15) is 14.4 Å². The maximum Gasteiger partial charge on any atom is 0.233 e. The number of nitrogens with zero attached hydrogens (tertiary/aromatic N) is 1. The van der Waals surface area contributed by atoms with Crippen molar-refractivity contribution >= 4 is 35.0 Å². The summed E-state index contributed by atoms with van der Waals surface area (Å²) in [5.41, 5.74) is 2.02. The highest BCUT2D eigenvalue weighted by atomic mass is 32.1. The summed E-state index contributed by atoms with van der Waals surface area (Å²) in [5.74, 6) is -1.90. The zero-order chi connectivity index (χ0) is 17.1. The van der Waals surface area contributed by atoms with E-state index in [2.05, 4.69) is 5.32 Å². The van der Waals surface area contributed by atoms with Gasteiger partial charge in [0.05, 0.1) is 22.8 Å². The molecule has 5 nitrogen and oxygen atoms in total. The number of carbonyl (C=O) groups excluding carboxylic acids is 3. The summed E-state index contributed by atoms with van der Waals surface area (Å²) >= 11 is 1.36. The first kappa shape index (κ1) is 14.6. The lowest BCUT2D eigenvalue weighted by Crippen LogP contribution is -2.42. The van der Waals surface area contributed by atoms with Crippen LogP contribution in [0.1, 0.15) is 26.8 Å². The molecule has 4 heterocycles. The summed E-state index contributed by atoms with van der Waals surface area (Å²) in [4.78, 5) is 40.6. The Kier molecular flexibility index (Phi) is 3.00. The Hall–Kier alpha value is -2.73. The highest BCUT2D eigenvalue weighted by Crippen LogP contribution is 2.51. The lowest BCUT2D eigenvalue weighted by Gasteiger charge is -2.34. The fraction of sp³-hybridized carbons (Fsp3) is 0.211. The molecule has 5 rings (SSSR count). The predicted octanol–water partition coefficient (Wildman–Crippen LogP) is 2.23. The van der Waals surface area contributed by atoms with E-state index in [1.54, 1.807) is 6.07 Å². The largest absolute Gasteiger partial charge is 0.358 e. The number of ketones is 1. The van der Waals surface area contributed by atoms with Crippen LogP contribution in [0.25, 0.3) is 6.08 Å². The Morgan fingerprint density at radius 3 is 2.64 bits per heavy atom. The summed E-state index contributed by atoms with van der Waals surface area (Å²) in [7, 11) is 0. The van der Waals surface area contributed by atoms with Crippen molar-refractivity contribution in [1.82, 2.24) is 10.2 Å². The average Bonchev–Trinajstić information content (AvgIpc) is 3.32. The van der Waals surface area contributed by atoms with Gasteiger partial charge in [-0.2, -0.15) is 0 Å². The van der Waals surface area contributed by atoms with Crippen LogP contribution in [0, 0.1) is 11.8 Å². The second-order valence-corrected chi connectivity index (χ2v) is 7.48. The van der Waals surface area contributed by atoms with Gasteiger partial charge in [-0.05, 0) is 28.6 Å². The van der Waals surface area contributed by atoms with Crippen LogP contribution < -0.4 is 5.32 Å². The van der Waals surface area contributed by atoms with Crippen LogP contribution in [0.5, 0.6) is 0 Å². The van der Waals surface area contributed by atoms with Gasteiger partial charge in [-0.25, -0.2) is 0 Å². The molecule has 2 saturated heterocycles. The first-order valence-electron chi connectivity index (χ1n) is 8.14. The van der Waals surface area contributed by atoms with Gasteiger partial charge in [0.25, 0.3) is 0 Å².